The Morgan fingerprint density at radius 2 is 2.30 bits per heavy atom. The molecule has 0 aliphatic carbocycles. The van der Waals surface area contributed by atoms with Gasteiger partial charge in [-0.2, -0.15) is 5.10 Å². The monoisotopic (exact) mass is 331 g/mol. The number of carbonyl (C=O) groups is 1. The Kier molecular flexibility index (Phi) is 4.80. The molecule has 0 saturated carbocycles. The van der Waals surface area contributed by atoms with E-state index in [2.05, 4.69) is 10.4 Å². The summed E-state index contributed by atoms with van der Waals surface area (Å²) in [6.07, 6.45) is 1.24. The van der Waals surface area contributed by atoms with Crippen molar-refractivity contribution >= 4 is 40.4 Å². The molecule has 0 radical (unpaired) electrons. The third-order valence-corrected chi connectivity index (χ3v) is 4.39. The molecular weight excluding hydrogens is 321 g/mol. The molecule has 1 N–H and O–H groups in total. The van der Waals surface area contributed by atoms with Crippen LogP contribution in [0.25, 0.3) is 0 Å². The standard InChI is InChI=1S/C12H11Cl2N3O2S/c1-7(9-3-2-4-20-9)16-10(18)6-17-12(19)11(14)8(13)5-15-17/h2-5,7H,6H2,1H3,(H,16,18)/t7-/m0/s1. The lowest BCUT2D eigenvalue weighted by Crippen LogP contribution is -2.34. The van der Waals surface area contributed by atoms with Crippen molar-refractivity contribution in [2.45, 2.75) is 19.5 Å². The number of rotatable bonds is 4. The summed E-state index contributed by atoms with van der Waals surface area (Å²) in [6, 6.07) is 3.72. The van der Waals surface area contributed by atoms with Crippen LogP contribution in [0.5, 0.6) is 0 Å². The Bertz CT molecular complexity index is 670. The van der Waals surface area contributed by atoms with E-state index in [9.17, 15) is 9.59 Å². The molecule has 1 atom stereocenters. The minimum absolute atomic E-state index is 0.0697. The van der Waals surface area contributed by atoms with Gasteiger partial charge in [-0.1, -0.05) is 29.3 Å². The van der Waals surface area contributed by atoms with Gasteiger partial charge in [-0.05, 0) is 18.4 Å². The highest BCUT2D eigenvalue weighted by Gasteiger charge is 2.13. The number of hydrogen-bond donors (Lipinski definition) is 1. The molecule has 5 nitrogen and oxygen atoms in total. The highest BCUT2D eigenvalue weighted by molar-refractivity contribution is 7.10. The number of halogens is 2. The van der Waals surface area contributed by atoms with E-state index in [1.54, 1.807) is 11.3 Å². The van der Waals surface area contributed by atoms with Crippen LogP contribution in [0.1, 0.15) is 17.8 Å². The van der Waals surface area contributed by atoms with E-state index in [-0.39, 0.29) is 28.5 Å². The van der Waals surface area contributed by atoms with E-state index in [4.69, 9.17) is 23.2 Å². The maximum atomic E-state index is 11.9. The number of aromatic nitrogens is 2. The molecule has 1 amide bonds. The van der Waals surface area contributed by atoms with Gasteiger partial charge in [0, 0.05) is 4.88 Å². The van der Waals surface area contributed by atoms with Crippen molar-refractivity contribution in [3.63, 3.8) is 0 Å². The van der Waals surface area contributed by atoms with Crippen molar-refractivity contribution < 1.29 is 4.79 Å². The number of thiophene rings is 1. The van der Waals surface area contributed by atoms with Crippen LogP contribution in [0, 0.1) is 0 Å². The van der Waals surface area contributed by atoms with Crippen molar-refractivity contribution in [1.29, 1.82) is 0 Å². The van der Waals surface area contributed by atoms with Crippen LogP contribution in [-0.4, -0.2) is 15.7 Å². The van der Waals surface area contributed by atoms with Gasteiger partial charge < -0.3 is 5.32 Å². The second-order valence-electron chi connectivity index (χ2n) is 4.07. The smallest absolute Gasteiger partial charge is 0.287 e. The van der Waals surface area contributed by atoms with Crippen molar-refractivity contribution in [1.82, 2.24) is 15.1 Å². The summed E-state index contributed by atoms with van der Waals surface area (Å²) in [7, 11) is 0. The fraction of sp³-hybridized carbons (Fsp3) is 0.250. The molecule has 20 heavy (non-hydrogen) atoms. The van der Waals surface area contributed by atoms with Gasteiger partial charge in [-0.25, -0.2) is 4.68 Å². The van der Waals surface area contributed by atoms with E-state index < -0.39 is 5.56 Å². The van der Waals surface area contributed by atoms with Crippen LogP contribution in [0.4, 0.5) is 0 Å². The molecule has 2 aromatic heterocycles. The number of nitrogens with zero attached hydrogens (tertiary/aromatic N) is 2. The third-order valence-electron chi connectivity index (χ3n) is 2.58. The Balaban J connectivity index is 2.06. The molecule has 8 heteroatoms. The van der Waals surface area contributed by atoms with Gasteiger partial charge in [0.2, 0.25) is 5.91 Å². The quantitative estimate of drug-likeness (QED) is 0.936. The van der Waals surface area contributed by atoms with E-state index >= 15 is 0 Å². The zero-order valence-corrected chi connectivity index (χ0v) is 12.8. The molecule has 0 aliphatic heterocycles. The van der Waals surface area contributed by atoms with Crippen molar-refractivity contribution in [2.75, 3.05) is 0 Å². The van der Waals surface area contributed by atoms with Crippen LogP contribution >= 0.6 is 34.5 Å². The van der Waals surface area contributed by atoms with Crippen LogP contribution in [0.2, 0.25) is 10.0 Å². The van der Waals surface area contributed by atoms with Gasteiger partial charge in [-0.3, -0.25) is 9.59 Å². The molecule has 2 heterocycles. The topological polar surface area (TPSA) is 64.0 Å². The minimum Gasteiger partial charge on any atom is -0.347 e. The van der Waals surface area contributed by atoms with Crippen molar-refractivity contribution in [2.24, 2.45) is 0 Å². The molecular formula is C12H11Cl2N3O2S. The Labute approximate surface area is 129 Å². The lowest BCUT2D eigenvalue weighted by Gasteiger charge is -2.12. The molecule has 0 fully saturated rings. The summed E-state index contributed by atoms with van der Waals surface area (Å²) in [4.78, 5) is 24.7. The number of nitrogens with one attached hydrogen (secondary N) is 1. The molecule has 0 bridgehead atoms. The molecule has 106 valence electrons. The first-order valence-corrected chi connectivity index (χ1v) is 7.36. The second-order valence-corrected chi connectivity index (χ2v) is 5.84. The van der Waals surface area contributed by atoms with Gasteiger partial charge in [0.25, 0.3) is 5.56 Å². The van der Waals surface area contributed by atoms with Gasteiger partial charge >= 0.3 is 0 Å². The van der Waals surface area contributed by atoms with Gasteiger partial charge in [0.1, 0.15) is 11.6 Å². The minimum atomic E-state index is -0.585. The lowest BCUT2D eigenvalue weighted by atomic mass is 10.3. The predicted octanol–water partition coefficient (Wildman–Crippen LogP) is 2.49. The van der Waals surface area contributed by atoms with E-state index in [0.717, 1.165) is 9.56 Å². The zero-order valence-electron chi connectivity index (χ0n) is 10.5. The van der Waals surface area contributed by atoms with E-state index in [0.29, 0.717) is 0 Å². The number of amides is 1. The fourth-order valence-electron chi connectivity index (χ4n) is 1.59. The summed E-state index contributed by atoms with van der Waals surface area (Å²) in [6.45, 7) is 1.67. The number of hydrogen-bond acceptors (Lipinski definition) is 4. The first-order chi connectivity index (χ1) is 9.49. The average molecular weight is 332 g/mol. The highest BCUT2D eigenvalue weighted by atomic mass is 35.5. The lowest BCUT2D eigenvalue weighted by molar-refractivity contribution is -0.122. The first kappa shape index (κ1) is 15.0. The molecule has 0 spiro atoms. The summed E-state index contributed by atoms with van der Waals surface area (Å²) >= 11 is 12.9. The first-order valence-electron chi connectivity index (χ1n) is 5.73. The molecule has 0 aromatic carbocycles. The van der Waals surface area contributed by atoms with Crippen molar-refractivity contribution in [3.8, 4) is 0 Å². The Hall–Kier alpha value is -1.37. The largest absolute Gasteiger partial charge is 0.347 e. The predicted molar refractivity (Wildman–Crippen MR) is 79.4 cm³/mol. The van der Waals surface area contributed by atoms with Gasteiger partial charge in [0.05, 0.1) is 17.3 Å². The summed E-state index contributed by atoms with van der Waals surface area (Å²) in [5.41, 5.74) is -0.585. The molecule has 0 unspecified atom stereocenters. The molecule has 2 aromatic rings. The maximum absolute atomic E-state index is 11.9. The second kappa shape index (κ2) is 6.39. The van der Waals surface area contributed by atoms with Crippen LogP contribution in [-0.2, 0) is 11.3 Å². The van der Waals surface area contributed by atoms with Crippen LogP contribution in [0.15, 0.2) is 28.5 Å². The fourth-order valence-corrected chi connectivity index (χ4v) is 2.59. The summed E-state index contributed by atoms with van der Waals surface area (Å²) < 4.78 is 0.977. The Morgan fingerprint density at radius 1 is 1.55 bits per heavy atom. The highest BCUT2D eigenvalue weighted by Crippen LogP contribution is 2.18. The maximum Gasteiger partial charge on any atom is 0.287 e. The van der Waals surface area contributed by atoms with Crippen molar-refractivity contribution in [3.05, 3.63) is 49.0 Å². The van der Waals surface area contributed by atoms with Gasteiger partial charge in [-0.15, -0.1) is 11.3 Å². The summed E-state index contributed by atoms with van der Waals surface area (Å²) in [5, 5.41) is 8.43. The zero-order chi connectivity index (χ0) is 14.7. The molecule has 0 saturated heterocycles. The SMILES string of the molecule is C[C@H](NC(=O)Cn1ncc(Cl)c(Cl)c1=O)c1cccs1. The normalized spacial score (nSPS) is 12.2. The molecule has 2 rings (SSSR count). The van der Waals surface area contributed by atoms with Gasteiger partial charge in [0.15, 0.2) is 0 Å². The third kappa shape index (κ3) is 3.39. The Morgan fingerprint density at radius 3 is 2.95 bits per heavy atom. The van der Waals surface area contributed by atoms with E-state index in [1.165, 1.54) is 6.20 Å². The molecule has 0 aliphatic rings. The summed E-state index contributed by atoms with van der Waals surface area (Å²) in [5.74, 6) is -0.320. The number of carbonyl (C=O) groups excluding carboxylic acids is 1. The van der Waals surface area contributed by atoms with Crippen LogP contribution < -0.4 is 10.9 Å². The van der Waals surface area contributed by atoms with Crippen LogP contribution in [0.3, 0.4) is 0 Å². The van der Waals surface area contributed by atoms with E-state index in [1.807, 2.05) is 24.4 Å². The average Bonchev–Trinajstić information content (AvgIpc) is 2.93.